The molecule has 9 N–H and O–H groups in total. The first-order valence-corrected chi connectivity index (χ1v) is 37.2. The molecular weight excluding hydrogens is 1320 g/mol. The fraction of sp³-hybridized carbons (Fsp3) is 0.474. The predicted molar refractivity (Wildman–Crippen MR) is 337 cm³/mol. The van der Waals surface area contributed by atoms with Crippen LogP contribution in [0, 0.1) is 0 Å². The number of fused-ring (bicyclic) bond motifs is 5. The van der Waals surface area contributed by atoms with Gasteiger partial charge in [-0.25, -0.2) is 41.6 Å². The molecule has 2 amide bonds. The molecule has 1 saturated heterocycles. The second-order valence-electron chi connectivity index (χ2n) is 23.7. The number of phosphoric ester groups is 2. The molecule has 36 heteroatoms. The number of rotatable bonds is 28. The molecule has 9 rings (SSSR count). The topological polar surface area (TPSA) is 445 Å². The van der Waals surface area contributed by atoms with Crippen molar-refractivity contribution in [1.82, 2.24) is 34.3 Å². The van der Waals surface area contributed by atoms with Crippen molar-refractivity contribution in [3.8, 4) is 11.5 Å². The Kier molecular flexibility index (Phi) is 21.0. The number of aromatic nitrogens is 4. The molecule has 5 aromatic rings. The van der Waals surface area contributed by atoms with E-state index in [1.165, 1.54) is 15.8 Å². The lowest BCUT2D eigenvalue weighted by atomic mass is 9.83. The first kappa shape index (κ1) is 71.1. The van der Waals surface area contributed by atoms with Crippen molar-refractivity contribution in [2.24, 2.45) is 0 Å². The number of unbranched alkanes of at least 4 members (excludes halogenated alkanes) is 3. The zero-order chi connectivity index (χ0) is 68.0. The molecule has 3 unspecified atom stereocenters. The summed E-state index contributed by atoms with van der Waals surface area (Å²) < 4.78 is 144. The van der Waals surface area contributed by atoms with E-state index in [2.05, 4.69) is 42.9 Å². The molecule has 0 radical (unpaired) electrons. The molecule has 0 spiro atoms. The number of nitrogens with zero attached hydrogens (tertiary/aromatic N) is 7. The van der Waals surface area contributed by atoms with Crippen molar-refractivity contribution >= 4 is 94.9 Å². The summed E-state index contributed by atoms with van der Waals surface area (Å²) in [6.45, 7) is 11.5. The zero-order valence-corrected chi connectivity index (χ0v) is 56.0. The molecule has 4 aliphatic rings. The monoisotopic (exact) mass is 1390 g/mol. The Balaban J connectivity index is 0.798. The summed E-state index contributed by atoms with van der Waals surface area (Å²) in [5.74, 6) is -1.49. The van der Waals surface area contributed by atoms with Crippen LogP contribution in [0.3, 0.4) is 0 Å². The quantitative estimate of drug-likeness (QED) is 0.0148. The number of likely N-dealkylation sites (N-methyl/N-ethyl adjacent to an activating group) is 2. The van der Waals surface area contributed by atoms with Crippen LogP contribution in [0.25, 0.3) is 27.9 Å². The highest BCUT2D eigenvalue weighted by Crippen LogP contribution is 2.68. The van der Waals surface area contributed by atoms with Crippen LogP contribution in [0.1, 0.15) is 119 Å². The van der Waals surface area contributed by atoms with E-state index in [4.69, 9.17) is 19.7 Å². The maximum Gasteiger partial charge on any atom is 0.490 e. The van der Waals surface area contributed by atoms with E-state index in [-0.39, 0.29) is 66.4 Å². The van der Waals surface area contributed by atoms with Crippen LogP contribution in [-0.2, 0) is 61.1 Å². The van der Waals surface area contributed by atoms with Gasteiger partial charge in [-0.05, 0) is 87.9 Å². The van der Waals surface area contributed by atoms with Crippen molar-refractivity contribution in [2.75, 3.05) is 68.6 Å². The largest absolute Gasteiger partial charge is 0.748 e. The van der Waals surface area contributed by atoms with Gasteiger partial charge in [0.1, 0.15) is 54.0 Å². The Labute approximate surface area is 535 Å². The van der Waals surface area contributed by atoms with Gasteiger partial charge in [-0.2, -0.15) is 17.0 Å². The molecule has 7 atom stereocenters. The number of imidazole rings is 1. The lowest BCUT2D eigenvalue weighted by Gasteiger charge is -2.44. The van der Waals surface area contributed by atoms with Crippen molar-refractivity contribution in [3.63, 3.8) is 0 Å². The number of ether oxygens (including phenoxy) is 2. The SMILES string of the molecule is CCN1c2cc3c(cc2C(CS(=O)(=O)[O-])=CC1(C)C)C(c1ccccc1C(=O)N(C)CCCC(=O)NCCCCCCOP(=O)(O)OP(=O)(O)OP(=O)(O)OC[C@H]1O[C@@H](n2cnc4c(N)ncnc42)[C@H](O)[C@@H]1O)=c1cc2c(cc1O3)=[N+](CC)C(C)(C)C=C2CS(=O)(=O)O. The number of nitrogens with one attached hydrogen (secondary N) is 1. The van der Waals surface area contributed by atoms with Crippen LogP contribution in [0.5, 0.6) is 11.5 Å². The lowest BCUT2D eigenvalue weighted by molar-refractivity contribution is -0.121. The number of phosphoric acid groups is 3. The fourth-order valence-electron chi connectivity index (χ4n) is 12.2. The van der Waals surface area contributed by atoms with Crippen molar-refractivity contribution in [3.05, 3.63) is 112 Å². The molecule has 0 aliphatic carbocycles. The summed E-state index contributed by atoms with van der Waals surface area (Å²) >= 11 is 0. The first-order chi connectivity index (χ1) is 43.4. The predicted octanol–water partition coefficient (Wildman–Crippen LogP) is 4.10. The average molecular weight is 1390 g/mol. The standard InChI is InChI=1S/C57H74N9O22P3S2/c1-8-65-42-25-44-40(23-38(42)34(27-56(65,3)4)30-92(77,78)79)48(41-24-39-35(31-93(80,81)82)28-57(5,6)66(9-2)43(39)26-45(41)85-44)36-17-12-13-18-37(36)54(70)63(7)21-16-19-47(67)59-20-14-10-11-15-22-83-89(71,72)87-91(75,76)88-90(73,74)84-29-46-50(68)51(69)55(86-46)64-33-62-49-52(58)60-32-61-53(49)64/h12-13,17-18,23-28,32-33,46,50-51,55,68-69H,8-11,14-16,19-22,29-31H2,1-7H3,(H7-,58,59,60,61,67,71,72,73,74,75,76,77,78,79,80,81,82)/t46-,50-,51-,55-/m1/s1. The van der Waals surface area contributed by atoms with Gasteiger partial charge in [-0.1, -0.05) is 37.1 Å². The van der Waals surface area contributed by atoms with Crippen LogP contribution < -0.4 is 35.8 Å². The van der Waals surface area contributed by atoms with Crippen LogP contribution in [0.4, 0.5) is 11.5 Å². The second-order valence-corrected chi connectivity index (χ2v) is 31.2. The molecule has 1 fully saturated rings. The Morgan fingerprint density at radius 1 is 0.828 bits per heavy atom. The molecule has 3 aromatic carbocycles. The van der Waals surface area contributed by atoms with E-state index < -0.39 is 110 Å². The average Bonchev–Trinajstić information content (AvgIpc) is 1.36. The van der Waals surface area contributed by atoms with Gasteiger partial charge < -0.3 is 59.8 Å². The maximum atomic E-state index is 14.8. The minimum absolute atomic E-state index is 0.0135. The third-order valence-corrected chi connectivity index (χ3v) is 21.7. The summed E-state index contributed by atoms with van der Waals surface area (Å²) in [5.41, 5.74) is 8.38. The Morgan fingerprint density at radius 3 is 2.20 bits per heavy atom. The van der Waals surface area contributed by atoms with Gasteiger partial charge in [0.25, 0.3) is 16.0 Å². The number of nitrogen functional groups attached to an aromatic ring is 1. The molecule has 2 aromatic heterocycles. The van der Waals surface area contributed by atoms with Crippen molar-refractivity contribution < 1.29 is 101 Å². The summed E-state index contributed by atoms with van der Waals surface area (Å²) in [6, 6.07) is 14.0. The third kappa shape index (κ3) is 16.4. The summed E-state index contributed by atoms with van der Waals surface area (Å²) in [5, 5.41) is 25.1. The zero-order valence-electron chi connectivity index (χ0n) is 51.7. The van der Waals surface area contributed by atoms with Gasteiger partial charge >= 0.3 is 23.5 Å². The second kappa shape index (κ2) is 27.5. The fourth-order valence-corrected chi connectivity index (χ4v) is 17.0. The normalized spacial score (nSPS) is 21.0. The van der Waals surface area contributed by atoms with E-state index in [0.29, 0.717) is 93.5 Å². The van der Waals surface area contributed by atoms with E-state index in [9.17, 15) is 74.1 Å². The number of amides is 2. The Bertz CT molecular complexity index is 4360. The van der Waals surface area contributed by atoms with Gasteiger partial charge in [-0.3, -0.25) is 27.8 Å². The number of benzene rings is 3. The molecule has 0 saturated carbocycles. The van der Waals surface area contributed by atoms with E-state index in [1.54, 1.807) is 61.7 Å². The molecule has 31 nitrogen and oxygen atoms in total. The van der Waals surface area contributed by atoms with Crippen LogP contribution in [0.2, 0.25) is 0 Å². The van der Waals surface area contributed by atoms with E-state index in [0.717, 1.165) is 6.33 Å². The van der Waals surface area contributed by atoms with Gasteiger partial charge in [0.15, 0.2) is 23.2 Å². The molecule has 0 bridgehead atoms. The van der Waals surface area contributed by atoms with Crippen LogP contribution >= 0.6 is 23.5 Å². The number of nitrogens with two attached hydrogens (primary N) is 1. The maximum absolute atomic E-state index is 14.8. The number of aliphatic hydroxyl groups excluding tert-OH is 2. The highest BCUT2D eigenvalue weighted by molar-refractivity contribution is 7.86. The molecule has 4 aliphatic heterocycles. The van der Waals surface area contributed by atoms with Crippen molar-refractivity contribution in [1.29, 1.82) is 0 Å². The van der Waals surface area contributed by atoms with Gasteiger partial charge in [0, 0.05) is 86.2 Å². The number of hydrogen-bond acceptors (Lipinski definition) is 23. The minimum Gasteiger partial charge on any atom is -0.748 e. The Hall–Kier alpha value is -6.19. The molecule has 506 valence electrons. The molecule has 93 heavy (non-hydrogen) atoms. The van der Waals surface area contributed by atoms with Crippen LogP contribution in [0.15, 0.2) is 73.3 Å². The highest BCUT2D eigenvalue weighted by Gasteiger charge is 2.48. The lowest BCUT2D eigenvalue weighted by Crippen LogP contribution is -2.50. The first-order valence-electron chi connectivity index (χ1n) is 29.5. The van der Waals surface area contributed by atoms with Gasteiger partial charge in [0.2, 0.25) is 11.3 Å². The smallest absolute Gasteiger partial charge is 0.490 e. The van der Waals surface area contributed by atoms with Gasteiger partial charge in [0.05, 0.1) is 52.6 Å². The number of hydrogen-bond donors (Lipinski definition) is 8. The molecule has 6 heterocycles. The number of aliphatic hydroxyl groups is 2. The summed E-state index contributed by atoms with van der Waals surface area (Å²) in [6.07, 6.45) is 1.32. The van der Waals surface area contributed by atoms with Crippen molar-refractivity contribution in [2.45, 2.75) is 116 Å². The number of carbonyl (C=O) groups excluding carboxylic acids is 2. The third-order valence-electron chi connectivity index (χ3n) is 16.1. The minimum atomic E-state index is -5.85. The summed E-state index contributed by atoms with van der Waals surface area (Å²) in [4.78, 5) is 73.5. The number of carbonyl (C=O) groups is 2. The van der Waals surface area contributed by atoms with Crippen LogP contribution in [-0.4, -0.2) is 174 Å². The molecular formula is C57H74N9O22P3S2. The van der Waals surface area contributed by atoms with E-state index >= 15 is 0 Å². The van der Waals surface area contributed by atoms with Gasteiger partial charge in [-0.15, -0.1) is 0 Å². The Morgan fingerprint density at radius 2 is 1.52 bits per heavy atom. The summed E-state index contributed by atoms with van der Waals surface area (Å²) in [7, 11) is -24.6. The highest BCUT2D eigenvalue weighted by atomic mass is 32.2. The number of anilines is 2. The van der Waals surface area contributed by atoms with E-state index in [1.807, 2.05) is 47.6 Å².